The van der Waals surface area contributed by atoms with Crippen LogP contribution in [0.3, 0.4) is 0 Å². The molecule has 2 aromatic heterocycles. The Morgan fingerprint density at radius 3 is 2.69 bits per heavy atom. The van der Waals surface area contributed by atoms with Gasteiger partial charge in [-0.15, -0.1) is 11.3 Å². The lowest BCUT2D eigenvalue weighted by molar-refractivity contribution is -0.134. The zero-order chi connectivity index (χ0) is 20.0. The van der Waals surface area contributed by atoms with E-state index in [1.165, 1.54) is 16.9 Å². The van der Waals surface area contributed by atoms with E-state index in [2.05, 4.69) is 9.88 Å². The summed E-state index contributed by atoms with van der Waals surface area (Å²) in [5.74, 6) is 0.694. The summed E-state index contributed by atoms with van der Waals surface area (Å²) in [7, 11) is 0. The maximum atomic E-state index is 12.9. The van der Waals surface area contributed by atoms with Gasteiger partial charge in [-0.05, 0) is 30.0 Å². The van der Waals surface area contributed by atoms with Crippen LogP contribution in [0.4, 0.5) is 0 Å². The van der Waals surface area contributed by atoms with E-state index in [4.69, 9.17) is 11.6 Å². The Balaban J connectivity index is 1.17. The van der Waals surface area contributed by atoms with Crippen LogP contribution in [-0.4, -0.2) is 51.3 Å². The lowest BCUT2D eigenvalue weighted by Crippen LogP contribution is -2.49. The molecule has 1 saturated carbocycles. The van der Waals surface area contributed by atoms with Crippen molar-refractivity contribution in [1.29, 1.82) is 0 Å². The minimum Gasteiger partial charge on any atom is -0.340 e. The molecule has 2 unspecified atom stereocenters. The average molecular weight is 429 g/mol. The molecule has 1 amide bonds. The van der Waals surface area contributed by atoms with Crippen molar-refractivity contribution in [2.45, 2.75) is 18.9 Å². The van der Waals surface area contributed by atoms with E-state index in [0.717, 1.165) is 48.3 Å². The highest BCUT2D eigenvalue weighted by Crippen LogP contribution is 2.48. The second-order valence-electron chi connectivity index (χ2n) is 7.74. The van der Waals surface area contributed by atoms with E-state index in [1.54, 1.807) is 16.7 Å². The smallest absolute Gasteiger partial charge is 0.258 e. The maximum absolute atomic E-state index is 12.9. The molecule has 2 atom stereocenters. The minimum atomic E-state index is -0.0398. The Kier molecular flexibility index (Phi) is 4.89. The van der Waals surface area contributed by atoms with Crippen LogP contribution in [0.25, 0.3) is 4.96 Å². The van der Waals surface area contributed by atoms with E-state index in [0.29, 0.717) is 12.5 Å². The molecule has 3 heterocycles. The summed E-state index contributed by atoms with van der Waals surface area (Å²) in [5, 5.41) is 2.59. The molecule has 8 heteroatoms. The number of amides is 1. The van der Waals surface area contributed by atoms with Gasteiger partial charge in [0.05, 0.1) is 5.69 Å². The van der Waals surface area contributed by atoms with Gasteiger partial charge in [-0.3, -0.25) is 18.9 Å². The molecule has 2 aliphatic rings. The second-order valence-corrected chi connectivity index (χ2v) is 9.05. The fourth-order valence-corrected chi connectivity index (χ4v) is 4.97. The third-order valence-corrected chi connectivity index (χ3v) is 6.84. The van der Waals surface area contributed by atoms with Gasteiger partial charge in [0.1, 0.15) is 0 Å². The molecule has 29 heavy (non-hydrogen) atoms. The summed E-state index contributed by atoms with van der Waals surface area (Å²) in [5.41, 5.74) is 1.96. The number of thiazole rings is 1. The van der Waals surface area contributed by atoms with Gasteiger partial charge in [-0.1, -0.05) is 23.7 Å². The fourth-order valence-electron chi connectivity index (χ4n) is 4.11. The molecule has 1 aliphatic carbocycles. The van der Waals surface area contributed by atoms with E-state index < -0.39 is 0 Å². The van der Waals surface area contributed by atoms with Crippen molar-refractivity contribution >= 4 is 33.8 Å². The highest BCUT2D eigenvalue weighted by molar-refractivity contribution is 7.15. The molecular weight excluding hydrogens is 408 g/mol. The van der Waals surface area contributed by atoms with Crippen LogP contribution in [-0.2, 0) is 11.3 Å². The normalized spacial score (nSPS) is 22.2. The lowest BCUT2D eigenvalue weighted by Gasteiger charge is -2.34. The zero-order valence-corrected chi connectivity index (χ0v) is 17.4. The largest absolute Gasteiger partial charge is 0.340 e. The topological polar surface area (TPSA) is 57.9 Å². The summed E-state index contributed by atoms with van der Waals surface area (Å²) in [6.07, 6.45) is 2.67. The number of aromatic nitrogens is 2. The van der Waals surface area contributed by atoms with Gasteiger partial charge in [0.15, 0.2) is 4.96 Å². The van der Waals surface area contributed by atoms with Crippen molar-refractivity contribution < 1.29 is 4.79 Å². The Hall–Kier alpha value is -2.22. The van der Waals surface area contributed by atoms with Crippen LogP contribution >= 0.6 is 22.9 Å². The Morgan fingerprint density at radius 2 is 1.93 bits per heavy atom. The lowest BCUT2D eigenvalue weighted by atomic mass is 10.1. The molecule has 6 nitrogen and oxygen atoms in total. The molecule has 1 aliphatic heterocycles. The molecule has 0 N–H and O–H groups in total. The molecule has 0 radical (unpaired) electrons. The summed E-state index contributed by atoms with van der Waals surface area (Å²) >= 11 is 7.42. The van der Waals surface area contributed by atoms with Crippen molar-refractivity contribution in [1.82, 2.24) is 19.2 Å². The third-order valence-electron chi connectivity index (χ3n) is 5.83. The zero-order valence-electron chi connectivity index (χ0n) is 15.8. The molecule has 150 valence electrons. The number of carbonyl (C=O) groups is 1. The van der Waals surface area contributed by atoms with Crippen LogP contribution < -0.4 is 5.56 Å². The van der Waals surface area contributed by atoms with Crippen LogP contribution in [0.5, 0.6) is 0 Å². The predicted octanol–water partition coefficient (Wildman–Crippen LogP) is 2.86. The van der Waals surface area contributed by atoms with Gasteiger partial charge in [0.2, 0.25) is 5.91 Å². The molecule has 0 spiro atoms. The van der Waals surface area contributed by atoms with Crippen molar-refractivity contribution in [3.05, 3.63) is 68.5 Å². The highest BCUT2D eigenvalue weighted by atomic mass is 35.5. The third kappa shape index (κ3) is 3.82. The number of benzene rings is 1. The maximum Gasteiger partial charge on any atom is 0.258 e. The summed E-state index contributed by atoms with van der Waals surface area (Å²) < 4.78 is 1.57. The van der Waals surface area contributed by atoms with Crippen LogP contribution in [0.2, 0.25) is 5.02 Å². The molecule has 1 saturated heterocycles. The predicted molar refractivity (Wildman–Crippen MR) is 113 cm³/mol. The summed E-state index contributed by atoms with van der Waals surface area (Å²) in [4.78, 5) is 34.6. The average Bonchev–Trinajstić information content (AvgIpc) is 3.37. The Labute approximate surface area is 177 Å². The summed E-state index contributed by atoms with van der Waals surface area (Å²) in [6, 6.07) is 9.44. The molecule has 5 rings (SSSR count). The number of hydrogen-bond donors (Lipinski definition) is 0. The van der Waals surface area contributed by atoms with Crippen LogP contribution in [0.15, 0.2) is 46.7 Å². The molecule has 2 fully saturated rings. The Bertz CT molecular complexity index is 1100. The van der Waals surface area contributed by atoms with Gasteiger partial charge < -0.3 is 4.90 Å². The first-order valence-corrected chi connectivity index (χ1v) is 11.1. The minimum absolute atomic E-state index is 0.0398. The number of rotatable bonds is 4. The first kappa shape index (κ1) is 18.8. The quantitative estimate of drug-likeness (QED) is 0.641. The van der Waals surface area contributed by atoms with E-state index in [9.17, 15) is 9.59 Å². The SMILES string of the molecule is O=C(C1CC1c1ccc(Cl)cc1)N1CCN(Cc2cc(=O)n3ccsc3n2)CC1. The number of halogens is 1. The van der Waals surface area contributed by atoms with Crippen molar-refractivity contribution in [2.24, 2.45) is 5.92 Å². The molecule has 1 aromatic carbocycles. The highest BCUT2D eigenvalue weighted by Gasteiger charge is 2.46. The van der Waals surface area contributed by atoms with E-state index in [1.807, 2.05) is 34.5 Å². The van der Waals surface area contributed by atoms with Gasteiger partial charge in [-0.2, -0.15) is 0 Å². The standard InChI is InChI=1S/C21H21ClN4O2S/c22-15-3-1-14(2-4-15)17-12-18(17)20(28)25-7-5-24(6-8-25)13-16-11-19(27)26-9-10-29-21(26)23-16/h1-4,9-11,17-18H,5-8,12-13H2. The van der Waals surface area contributed by atoms with Crippen LogP contribution in [0, 0.1) is 5.92 Å². The molecule has 3 aromatic rings. The summed E-state index contributed by atoms with van der Waals surface area (Å²) in [6.45, 7) is 3.69. The fraction of sp³-hybridized carbons (Fsp3) is 0.381. The first-order valence-electron chi connectivity index (χ1n) is 9.81. The van der Waals surface area contributed by atoms with Crippen molar-refractivity contribution in [3.8, 4) is 0 Å². The van der Waals surface area contributed by atoms with Crippen molar-refractivity contribution in [2.75, 3.05) is 26.2 Å². The van der Waals surface area contributed by atoms with Gasteiger partial charge >= 0.3 is 0 Å². The number of hydrogen-bond acceptors (Lipinski definition) is 5. The number of nitrogens with zero attached hydrogens (tertiary/aromatic N) is 4. The Morgan fingerprint density at radius 1 is 1.17 bits per heavy atom. The second kappa shape index (κ2) is 7.55. The molecule has 0 bridgehead atoms. The monoisotopic (exact) mass is 428 g/mol. The van der Waals surface area contributed by atoms with E-state index >= 15 is 0 Å². The van der Waals surface area contributed by atoms with Gasteiger partial charge in [0.25, 0.3) is 5.56 Å². The van der Waals surface area contributed by atoms with Crippen LogP contribution in [0.1, 0.15) is 23.6 Å². The van der Waals surface area contributed by atoms with Crippen molar-refractivity contribution in [3.63, 3.8) is 0 Å². The number of fused-ring (bicyclic) bond motifs is 1. The first-order chi connectivity index (χ1) is 14.1. The van der Waals surface area contributed by atoms with Gasteiger partial charge in [0, 0.05) is 61.3 Å². The number of piperazine rings is 1. The van der Waals surface area contributed by atoms with E-state index in [-0.39, 0.29) is 17.4 Å². The van der Waals surface area contributed by atoms with Gasteiger partial charge in [-0.25, -0.2) is 4.98 Å². The molecular formula is C21H21ClN4O2S. The number of carbonyl (C=O) groups excluding carboxylic acids is 1.